The third kappa shape index (κ3) is 2.76. The van der Waals surface area contributed by atoms with Gasteiger partial charge in [-0.2, -0.15) is 0 Å². The molecular formula is C14H12F2N2O3. The monoisotopic (exact) mass is 294 g/mol. The van der Waals surface area contributed by atoms with E-state index in [9.17, 15) is 18.7 Å². The number of anilines is 2. The Hall–Kier alpha value is -2.70. The first-order chi connectivity index (χ1) is 9.95. The normalized spacial score (nSPS) is 10.3. The smallest absolute Gasteiger partial charge is 0.340 e. The number of methoxy groups -OCH3 is 1. The van der Waals surface area contributed by atoms with Crippen molar-refractivity contribution in [3.05, 3.63) is 47.2 Å². The predicted octanol–water partition coefficient (Wildman–Crippen LogP) is 2.90. The number of halogens is 2. The van der Waals surface area contributed by atoms with Crippen molar-refractivity contribution in [2.75, 3.05) is 12.4 Å². The van der Waals surface area contributed by atoms with Crippen LogP contribution in [0.5, 0.6) is 5.75 Å². The summed E-state index contributed by atoms with van der Waals surface area (Å²) in [6.45, 7) is 1.62. The molecular weight excluding hydrogens is 282 g/mol. The zero-order chi connectivity index (χ0) is 15.6. The van der Waals surface area contributed by atoms with Crippen LogP contribution in [0, 0.1) is 18.6 Å². The second-order valence-electron chi connectivity index (χ2n) is 4.23. The molecule has 0 aliphatic rings. The summed E-state index contributed by atoms with van der Waals surface area (Å²) in [6, 6.07) is 3.44. The Morgan fingerprint density at radius 1 is 1.33 bits per heavy atom. The van der Waals surface area contributed by atoms with Crippen LogP contribution in [-0.4, -0.2) is 23.2 Å². The summed E-state index contributed by atoms with van der Waals surface area (Å²) in [5, 5.41) is 12.3. The van der Waals surface area contributed by atoms with Gasteiger partial charge in [0.05, 0.1) is 18.4 Å². The van der Waals surface area contributed by atoms with E-state index < -0.39 is 23.3 Å². The highest BCUT2D eigenvalue weighted by atomic mass is 19.2. The highest BCUT2D eigenvalue weighted by Crippen LogP contribution is 2.31. The number of pyridine rings is 1. The van der Waals surface area contributed by atoms with Gasteiger partial charge in [-0.1, -0.05) is 0 Å². The van der Waals surface area contributed by atoms with Crippen LogP contribution in [0.4, 0.5) is 20.3 Å². The zero-order valence-electron chi connectivity index (χ0n) is 11.3. The van der Waals surface area contributed by atoms with Gasteiger partial charge in [0.15, 0.2) is 23.2 Å². The zero-order valence-corrected chi connectivity index (χ0v) is 11.3. The van der Waals surface area contributed by atoms with Gasteiger partial charge in [-0.05, 0) is 30.7 Å². The molecule has 0 spiro atoms. The Labute approximate surface area is 119 Å². The number of nitrogens with one attached hydrogen (secondary N) is 1. The highest BCUT2D eigenvalue weighted by molar-refractivity contribution is 5.96. The molecule has 2 aromatic rings. The molecule has 0 aliphatic heterocycles. The van der Waals surface area contributed by atoms with E-state index in [0.717, 1.165) is 19.2 Å². The lowest BCUT2D eigenvalue weighted by Crippen LogP contribution is -2.09. The molecule has 2 rings (SSSR count). The number of benzene rings is 1. The number of nitrogens with zero attached hydrogens (tertiary/aromatic N) is 1. The van der Waals surface area contributed by atoms with Crippen molar-refractivity contribution in [3.63, 3.8) is 0 Å². The Kier molecular flexibility index (Phi) is 4.02. The molecule has 0 unspecified atom stereocenters. The lowest BCUT2D eigenvalue weighted by molar-refractivity contribution is 0.0601. The SMILES string of the molecule is COC(=O)c1ccc(F)c(F)c1Nc1nccc(C)c1O. The fraction of sp³-hybridized carbons (Fsp3) is 0.143. The number of carbonyl (C=O) groups is 1. The molecule has 1 heterocycles. The summed E-state index contributed by atoms with van der Waals surface area (Å²) in [4.78, 5) is 15.4. The molecule has 0 saturated heterocycles. The second-order valence-corrected chi connectivity index (χ2v) is 4.23. The Balaban J connectivity index is 2.55. The lowest BCUT2D eigenvalue weighted by atomic mass is 10.1. The third-order valence-electron chi connectivity index (χ3n) is 2.87. The van der Waals surface area contributed by atoms with Crippen LogP contribution in [0.2, 0.25) is 0 Å². The van der Waals surface area contributed by atoms with Gasteiger partial charge in [-0.25, -0.2) is 18.6 Å². The van der Waals surface area contributed by atoms with Gasteiger partial charge in [0.25, 0.3) is 0 Å². The first-order valence-electron chi connectivity index (χ1n) is 5.93. The summed E-state index contributed by atoms with van der Waals surface area (Å²) in [5.41, 5.74) is -0.168. The van der Waals surface area contributed by atoms with E-state index in [4.69, 9.17) is 0 Å². The van der Waals surface area contributed by atoms with E-state index in [1.165, 1.54) is 6.20 Å². The summed E-state index contributed by atoms with van der Waals surface area (Å²) in [5.74, 6) is -3.57. The van der Waals surface area contributed by atoms with Crippen LogP contribution in [0.1, 0.15) is 15.9 Å². The van der Waals surface area contributed by atoms with Crippen LogP contribution in [-0.2, 0) is 4.74 Å². The topological polar surface area (TPSA) is 71.5 Å². The number of hydrogen-bond donors (Lipinski definition) is 2. The quantitative estimate of drug-likeness (QED) is 0.852. The molecule has 0 fully saturated rings. The van der Waals surface area contributed by atoms with Crippen molar-refractivity contribution in [1.29, 1.82) is 0 Å². The van der Waals surface area contributed by atoms with Crippen molar-refractivity contribution in [3.8, 4) is 5.75 Å². The molecule has 0 saturated carbocycles. The Morgan fingerprint density at radius 2 is 2.05 bits per heavy atom. The molecule has 2 N–H and O–H groups in total. The standard InChI is InChI=1S/C14H12F2N2O3/c1-7-5-6-17-13(12(7)19)18-11-8(14(20)21-2)3-4-9(15)10(11)16/h3-6,19H,1-2H3,(H,17,18). The number of ether oxygens (including phenoxy) is 1. The average molecular weight is 294 g/mol. The van der Waals surface area contributed by atoms with E-state index in [2.05, 4.69) is 15.0 Å². The molecule has 0 bridgehead atoms. The molecule has 110 valence electrons. The number of aryl methyl sites for hydroxylation is 1. The van der Waals surface area contributed by atoms with Crippen LogP contribution in [0.15, 0.2) is 24.4 Å². The number of aromatic nitrogens is 1. The van der Waals surface area contributed by atoms with Crippen molar-refractivity contribution in [1.82, 2.24) is 4.98 Å². The maximum Gasteiger partial charge on any atom is 0.340 e. The minimum absolute atomic E-state index is 0.0929. The molecule has 7 heteroatoms. The molecule has 0 amide bonds. The minimum atomic E-state index is -1.26. The fourth-order valence-electron chi connectivity index (χ4n) is 1.71. The van der Waals surface area contributed by atoms with Crippen LogP contribution in [0.25, 0.3) is 0 Å². The molecule has 1 aromatic heterocycles. The summed E-state index contributed by atoms with van der Waals surface area (Å²) in [6.07, 6.45) is 1.38. The van der Waals surface area contributed by atoms with Gasteiger partial charge in [0.1, 0.15) is 0 Å². The van der Waals surface area contributed by atoms with Gasteiger partial charge in [0.2, 0.25) is 0 Å². The Bertz CT molecular complexity index is 705. The van der Waals surface area contributed by atoms with E-state index in [0.29, 0.717) is 5.56 Å². The average Bonchev–Trinajstić information content (AvgIpc) is 2.48. The first kappa shape index (κ1) is 14.7. The van der Waals surface area contributed by atoms with Crippen molar-refractivity contribution < 1.29 is 23.4 Å². The molecule has 5 nitrogen and oxygen atoms in total. The van der Waals surface area contributed by atoms with Gasteiger partial charge >= 0.3 is 5.97 Å². The highest BCUT2D eigenvalue weighted by Gasteiger charge is 2.21. The van der Waals surface area contributed by atoms with Crippen molar-refractivity contribution in [2.45, 2.75) is 6.92 Å². The van der Waals surface area contributed by atoms with E-state index >= 15 is 0 Å². The second kappa shape index (κ2) is 5.74. The summed E-state index contributed by atoms with van der Waals surface area (Å²) < 4.78 is 31.8. The van der Waals surface area contributed by atoms with E-state index in [1.54, 1.807) is 13.0 Å². The molecule has 0 aliphatic carbocycles. The first-order valence-corrected chi connectivity index (χ1v) is 5.93. The van der Waals surface area contributed by atoms with Gasteiger partial charge in [-0.15, -0.1) is 0 Å². The maximum absolute atomic E-state index is 13.9. The van der Waals surface area contributed by atoms with E-state index in [1.807, 2.05) is 0 Å². The number of rotatable bonds is 3. The molecule has 0 radical (unpaired) electrons. The van der Waals surface area contributed by atoms with Crippen molar-refractivity contribution in [2.24, 2.45) is 0 Å². The van der Waals surface area contributed by atoms with Gasteiger partial charge in [-0.3, -0.25) is 0 Å². The van der Waals surface area contributed by atoms with Gasteiger partial charge in [0, 0.05) is 6.20 Å². The minimum Gasteiger partial charge on any atom is -0.504 e. The number of esters is 1. The number of carbonyl (C=O) groups excluding carboxylic acids is 1. The summed E-state index contributed by atoms with van der Waals surface area (Å²) >= 11 is 0. The van der Waals surface area contributed by atoms with Crippen LogP contribution in [0.3, 0.4) is 0 Å². The third-order valence-corrected chi connectivity index (χ3v) is 2.87. The molecule has 1 aromatic carbocycles. The maximum atomic E-state index is 13.9. The van der Waals surface area contributed by atoms with Crippen molar-refractivity contribution >= 4 is 17.5 Å². The van der Waals surface area contributed by atoms with Crippen LogP contribution >= 0.6 is 0 Å². The number of aromatic hydroxyl groups is 1. The predicted molar refractivity (Wildman–Crippen MR) is 71.6 cm³/mol. The van der Waals surface area contributed by atoms with Gasteiger partial charge < -0.3 is 15.2 Å². The Morgan fingerprint density at radius 3 is 2.71 bits per heavy atom. The summed E-state index contributed by atoms with van der Waals surface area (Å²) in [7, 11) is 1.12. The number of hydrogen-bond acceptors (Lipinski definition) is 5. The lowest BCUT2D eigenvalue weighted by Gasteiger charge is -2.13. The largest absolute Gasteiger partial charge is 0.504 e. The van der Waals surface area contributed by atoms with Crippen LogP contribution < -0.4 is 5.32 Å². The molecule has 0 atom stereocenters. The fourth-order valence-corrected chi connectivity index (χ4v) is 1.71. The molecule has 21 heavy (non-hydrogen) atoms. The van der Waals surface area contributed by atoms with E-state index in [-0.39, 0.29) is 17.1 Å².